The van der Waals surface area contributed by atoms with Crippen LogP contribution in [-0.4, -0.2) is 39.7 Å². The van der Waals surface area contributed by atoms with E-state index in [1.54, 1.807) is 11.0 Å². The lowest BCUT2D eigenvalue weighted by Gasteiger charge is -2.32. The maximum atomic E-state index is 11.9. The van der Waals surface area contributed by atoms with Crippen LogP contribution in [-0.2, 0) is 4.79 Å². The van der Waals surface area contributed by atoms with Crippen LogP contribution in [0.5, 0.6) is 5.75 Å². The number of phenolic OH excluding ortho intramolecular Hbond substituents is 1. The van der Waals surface area contributed by atoms with Crippen LogP contribution < -0.4 is 0 Å². The fourth-order valence-corrected chi connectivity index (χ4v) is 3.79. The smallest absolute Gasteiger partial charge is 0.225 e. The molecule has 2 fully saturated rings. The molecular weight excluding hydrogens is 301 g/mol. The average Bonchev–Trinajstić information content (AvgIpc) is 2.78. The normalized spacial score (nSPS) is 29.6. The quantitative estimate of drug-likeness (QED) is 0.837. The summed E-state index contributed by atoms with van der Waals surface area (Å²) in [6, 6.07) is 3.10. The van der Waals surface area contributed by atoms with Crippen molar-refractivity contribution in [2.24, 2.45) is 0 Å². The number of fused-ring (bicyclic) bond motifs is 1. The Balaban J connectivity index is 1.91. The Kier molecular flexibility index (Phi) is 3.56. The van der Waals surface area contributed by atoms with Gasteiger partial charge in [-0.1, -0.05) is 23.2 Å². The minimum atomic E-state index is -0.564. The first-order chi connectivity index (χ1) is 9.47. The molecule has 1 aromatic carbocycles. The van der Waals surface area contributed by atoms with Crippen molar-refractivity contribution in [3.8, 4) is 5.75 Å². The number of halogens is 2. The Labute approximate surface area is 126 Å². The third kappa shape index (κ3) is 2.26. The lowest BCUT2D eigenvalue weighted by molar-refractivity contribution is -0.138. The molecule has 0 saturated carbocycles. The zero-order valence-corrected chi connectivity index (χ0v) is 12.2. The van der Waals surface area contributed by atoms with E-state index < -0.39 is 6.10 Å². The third-order valence-corrected chi connectivity index (χ3v) is 5.03. The first-order valence-electron chi connectivity index (χ1n) is 6.61. The molecule has 2 saturated heterocycles. The number of carbonyl (C=O) groups is 1. The Morgan fingerprint density at radius 1 is 1.25 bits per heavy atom. The molecule has 2 aliphatic rings. The number of aromatic hydroxyl groups is 1. The highest BCUT2D eigenvalue weighted by molar-refractivity contribution is 6.42. The van der Waals surface area contributed by atoms with Crippen LogP contribution in [0.25, 0.3) is 0 Å². The Morgan fingerprint density at radius 2 is 2.00 bits per heavy atom. The van der Waals surface area contributed by atoms with Gasteiger partial charge in [0.25, 0.3) is 0 Å². The maximum absolute atomic E-state index is 11.9. The van der Waals surface area contributed by atoms with Gasteiger partial charge in [-0.05, 0) is 25.0 Å². The molecule has 2 aliphatic heterocycles. The Bertz CT molecular complexity index is 564. The van der Waals surface area contributed by atoms with Crippen molar-refractivity contribution in [2.75, 3.05) is 6.54 Å². The largest absolute Gasteiger partial charge is 0.508 e. The van der Waals surface area contributed by atoms with Crippen molar-refractivity contribution in [1.82, 2.24) is 4.90 Å². The van der Waals surface area contributed by atoms with E-state index in [4.69, 9.17) is 23.2 Å². The van der Waals surface area contributed by atoms with Crippen molar-refractivity contribution in [1.29, 1.82) is 0 Å². The molecule has 3 atom stereocenters. The predicted octanol–water partition coefficient (Wildman–Crippen LogP) is 2.54. The van der Waals surface area contributed by atoms with Gasteiger partial charge in [0.05, 0.1) is 22.6 Å². The van der Waals surface area contributed by atoms with Crippen LogP contribution in [0.2, 0.25) is 10.0 Å². The molecule has 0 aliphatic carbocycles. The molecule has 108 valence electrons. The number of hydrogen-bond acceptors (Lipinski definition) is 3. The van der Waals surface area contributed by atoms with Gasteiger partial charge >= 0.3 is 0 Å². The average molecular weight is 316 g/mol. The fourth-order valence-electron chi connectivity index (χ4n) is 3.32. The number of amides is 1. The molecule has 2 N–H and O–H groups in total. The molecule has 1 unspecified atom stereocenters. The topological polar surface area (TPSA) is 60.8 Å². The summed E-state index contributed by atoms with van der Waals surface area (Å²) in [5, 5.41) is 20.5. The molecule has 0 aromatic heterocycles. The molecular formula is C14H15Cl2NO3. The van der Waals surface area contributed by atoms with Gasteiger partial charge in [-0.25, -0.2) is 0 Å². The molecule has 0 bridgehead atoms. The second-order valence-electron chi connectivity index (χ2n) is 5.52. The molecule has 1 amide bonds. The SMILES string of the molecule is O=C1CC(O)C[C@@H]2C[C@H](c3c(O)ccc(Cl)c3Cl)CN12. The van der Waals surface area contributed by atoms with E-state index in [-0.39, 0.29) is 30.0 Å². The lowest BCUT2D eigenvalue weighted by atomic mass is 9.92. The van der Waals surface area contributed by atoms with Crippen LogP contribution in [0.4, 0.5) is 0 Å². The van der Waals surface area contributed by atoms with E-state index in [0.717, 1.165) is 0 Å². The molecule has 6 heteroatoms. The summed E-state index contributed by atoms with van der Waals surface area (Å²) in [5.41, 5.74) is 0.607. The fraction of sp³-hybridized carbons (Fsp3) is 0.500. The van der Waals surface area contributed by atoms with Crippen LogP contribution in [0.15, 0.2) is 12.1 Å². The molecule has 4 nitrogen and oxygen atoms in total. The summed E-state index contributed by atoms with van der Waals surface area (Å²) >= 11 is 12.2. The van der Waals surface area contributed by atoms with E-state index in [2.05, 4.69) is 0 Å². The number of aliphatic hydroxyl groups is 1. The summed E-state index contributed by atoms with van der Waals surface area (Å²) in [6.07, 6.45) is 0.890. The van der Waals surface area contributed by atoms with Crippen LogP contribution in [0, 0.1) is 0 Å². The van der Waals surface area contributed by atoms with E-state index in [1.807, 2.05) is 0 Å². The number of carbonyl (C=O) groups excluding carboxylic acids is 1. The van der Waals surface area contributed by atoms with Gasteiger partial charge in [-0.15, -0.1) is 0 Å². The number of nitrogens with zero attached hydrogens (tertiary/aromatic N) is 1. The van der Waals surface area contributed by atoms with Gasteiger partial charge in [-0.3, -0.25) is 4.79 Å². The van der Waals surface area contributed by atoms with Crippen molar-refractivity contribution in [3.63, 3.8) is 0 Å². The van der Waals surface area contributed by atoms with Gasteiger partial charge < -0.3 is 15.1 Å². The van der Waals surface area contributed by atoms with Gasteiger partial charge in [0.2, 0.25) is 5.91 Å². The summed E-state index contributed by atoms with van der Waals surface area (Å²) in [6.45, 7) is 0.518. The van der Waals surface area contributed by atoms with Gasteiger partial charge in [0, 0.05) is 24.1 Å². The van der Waals surface area contributed by atoms with Gasteiger partial charge in [0.1, 0.15) is 5.75 Å². The highest BCUT2D eigenvalue weighted by Gasteiger charge is 2.42. The minimum Gasteiger partial charge on any atom is -0.508 e. The molecule has 2 heterocycles. The zero-order valence-electron chi connectivity index (χ0n) is 10.7. The summed E-state index contributed by atoms with van der Waals surface area (Å²) in [4.78, 5) is 13.7. The van der Waals surface area contributed by atoms with Crippen molar-refractivity contribution < 1.29 is 15.0 Å². The minimum absolute atomic E-state index is 0.0192. The van der Waals surface area contributed by atoms with Gasteiger partial charge in [0.15, 0.2) is 0 Å². The molecule has 1 aromatic rings. The summed E-state index contributed by atoms with van der Waals surface area (Å²) in [5.74, 6) is 0.0339. The van der Waals surface area contributed by atoms with E-state index >= 15 is 0 Å². The lowest BCUT2D eigenvalue weighted by Crippen LogP contribution is -2.44. The number of benzene rings is 1. The monoisotopic (exact) mass is 315 g/mol. The number of phenols is 1. The first-order valence-corrected chi connectivity index (χ1v) is 7.37. The highest BCUT2D eigenvalue weighted by atomic mass is 35.5. The number of aliphatic hydroxyl groups excluding tert-OH is 1. The molecule has 3 rings (SSSR count). The number of rotatable bonds is 1. The Hall–Kier alpha value is -0.970. The molecule has 20 heavy (non-hydrogen) atoms. The molecule has 0 radical (unpaired) electrons. The third-order valence-electron chi connectivity index (χ3n) is 4.21. The van der Waals surface area contributed by atoms with Crippen LogP contribution in [0.3, 0.4) is 0 Å². The van der Waals surface area contributed by atoms with Crippen molar-refractivity contribution in [2.45, 2.75) is 37.3 Å². The summed E-state index contributed by atoms with van der Waals surface area (Å²) in [7, 11) is 0. The van der Waals surface area contributed by atoms with Crippen molar-refractivity contribution in [3.05, 3.63) is 27.7 Å². The second kappa shape index (κ2) is 5.10. The summed E-state index contributed by atoms with van der Waals surface area (Å²) < 4.78 is 0. The molecule has 0 spiro atoms. The van der Waals surface area contributed by atoms with Gasteiger partial charge in [-0.2, -0.15) is 0 Å². The van der Waals surface area contributed by atoms with E-state index in [9.17, 15) is 15.0 Å². The standard InChI is InChI=1S/C14H15Cl2NO3/c15-10-1-2-11(19)13(14(10)16)7-3-8-4-9(18)5-12(20)17(8)6-7/h1-2,7-9,18-19H,3-6H2/t7-,8-,9?/m0/s1. The first kappa shape index (κ1) is 14.0. The van der Waals surface area contributed by atoms with Crippen LogP contribution in [0.1, 0.15) is 30.7 Å². The van der Waals surface area contributed by atoms with E-state index in [1.165, 1.54) is 6.07 Å². The van der Waals surface area contributed by atoms with Crippen molar-refractivity contribution >= 4 is 29.1 Å². The Morgan fingerprint density at radius 3 is 2.75 bits per heavy atom. The predicted molar refractivity (Wildman–Crippen MR) is 76.2 cm³/mol. The zero-order chi connectivity index (χ0) is 14.4. The maximum Gasteiger partial charge on any atom is 0.225 e. The number of piperidine rings is 1. The van der Waals surface area contributed by atoms with Crippen LogP contribution >= 0.6 is 23.2 Å². The second-order valence-corrected chi connectivity index (χ2v) is 6.31. The highest BCUT2D eigenvalue weighted by Crippen LogP contribution is 2.44. The number of hydrogen-bond donors (Lipinski definition) is 2. The van der Waals surface area contributed by atoms with E-state index in [0.29, 0.717) is 35.0 Å².